The van der Waals surface area contributed by atoms with Crippen LogP contribution in [0.4, 0.5) is 0 Å². The van der Waals surface area contributed by atoms with Crippen molar-refractivity contribution in [2.24, 2.45) is 0 Å². The number of aromatic nitrogens is 5. The van der Waals surface area contributed by atoms with E-state index in [0.717, 1.165) is 22.0 Å². The molecule has 0 amide bonds. The first kappa shape index (κ1) is 15.5. The first-order valence-electron chi connectivity index (χ1n) is 6.84. The number of furan rings is 1. The van der Waals surface area contributed by atoms with E-state index < -0.39 is 0 Å². The molecule has 23 heavy (non-hydrogen) atoms. The largest absolute Gasteiger partial charge is 0.469 e. The maximum absolute atomic E-state index is 6.11. The normalized spacial score (nSPS) is 11.1. The molecule has 9 heteroatoms. The van der Waals surface area contributed by atoms with Gasteiger partial charge in [-0.25, -0.2) is 14.6 Å². The van der Waals surface area contributed by atoms with E-state index in [1.54, 1.807) is 13.4 Å². The van der Waals surface area contributed by atoms with Gasteiger partial charge >= 0.3 is 0 Å². The number of rotatable bonds is 5. The Morgan fingerprint density at radius 1 is 1.30 bits per heavy atom. The second-order valence-corrected chi connectivity index (χ2v) is 5.85. The molecule has 0 aliphatic heterocycles. The van der Waals surface area contributed by atoms with Crippen LogP contribution in [0.15, 0.2) is 33.0 Å². The molecule has 3 aromatic heterocycles. The van der Waals surface area contributed by atoms with E-state index >= 15 is 0 Å². The molecular weight excluding hydrogens is 316 g/mol. The Morgan fingerprint density at radius 2 is 2.13 bits per heavy atom. The van der Waals surface area contributed by atoms with Gasteiger partial charge in [0.2, 0.25) is 5.16 Å². The van der Waals surface area contributed by atoms with Crippen molar-refractivity contribution in [3.63, 3.8) is 0 Å². The zero-order valence-corrected chi connectivity index (χ0v) is 13.8. The monoisotopic (exact) mass is 332 g/mol. The molecule has 3 aromatic rings. The molecule has 0 spiro atoms. The van der Waals surface area contributed by atoms with E-state index in [-0.39, 0.29) is 0 Å². The molecule has 0 aliphatic rings. The quantitative estimate of drug-likeness (QED) is 0.558. The number of nitrogens with two attached hydrogens (primary N) is 1. The number of hydrogen-bond donors (Lipinski definition) is 1. The molecule has 3 heterocycles. The van der Waals surface area contributed by atoms with E-state index in [1.807, 2.05) is 26.0 Å². The topological polar surface area (TPSA) is 105 Å². The summed E-state index contributed by atoms with van der Waals surface area (Å²) in [5.74, 6) is 8.00. The van der Waals surface area contributed by atoms with Crippen molar-refractivity contribution in [1.82, 2.24) is 24.8 Å². The predicted octanol–water partition coefficient (Wildman–Crippen LogP) is 1.96. The molecule has 0 saturated carbocycles. The van der Waals surface area contributed by atoms with Crippen LogP contribution >= 0.6 is 11.8 Å². The summed E-state index contributed by atoms with van der Waals surface area (Å²) in [7, 11) is 1.61. The summed E-state index contributed by atoms with van der Waals surface area (Å²) in [5.41, 5.74) is 1.66. The van der Waals surface area contributed by atoms with Crippen molar-refractivity contribution in [3.05, 3.63) is 35.7 Å². The number of aryl methyl sites for hydroxylation is 2. The van der Waals surface area contributed by atoms with Crippen molar-refractivity contribution in [1.29, 1.82) is 0 Å². The average molecular weight is 332 g/mol. The standard InChI is InChI=1S/C14H16N6O2S/c1-8-6-12(17-11(16-8)7-21-3)23-14-19-18-13(20(14)15)10-4-5-22-9(10)2/h4-6H,7,15H2,1-3H3. The summed E-state index contributed by atoms with van der Waals surface area (Å²) in [6.07, 6.45) is 1.59. The Balaban J connectivity index is 1.90. The van der Waals surface area contributed by atoms with Gasteiger partial charge in [0.15, 0.2) is 11.6 Å². The summed E-state index contributed by atoms with van der Waals surface area (Å²) in [6.45, 7) is 4.10. The summed E-state index contributed by atoms with van der Waals surface area (Å²) in [6, 6.07) is 3.67. The second kappa shape index (κ2) is 6.39. The van der Waals surface area contributed by atoms with Crippen LogP contribution in [0.3, 0.4) is 0 Å². The first-order chi connectivity index (χ1) is 11.1. The SMILES string of the molecule is COCc1nc(C)cc(Sc2nnc(-c3ccoc3C)n2N)n1. The van der Waals surface area contributed by atoms with Gasteiger partial charge in [0.1, 0.15) is 17.4 Å². The van der Waals surface area contributed by atoms with Gasteiger partial charge in [-0.05, 0) is 37.7 Å². The molecule has 0 saturated heterocycles. The molecule has 120 valence electrons. The van der Waals surface area contributed by atoms with Gasteiger partial charge in [0.25, 0.3) is 0 Å². The molecule has 8 nitrogen and oxygen atoms in total. The number of hydrogen-bond acceptors (Lipinski definition) is 8. The number of nitrogen functional groups attached to an aromatic ring is 1. The molecule has 2 N–H and O–H groups in total. The Labute approximate surface area is 137 Å². The van der Waals surface area contributed by atoms with Gasteiger partial charge in [-0.2, -0.15) is 0 Å². The Hall–Kier alpha value is -2.39. The fraction of sp³-hybridized carbons (Fsp3) is 0.286. The predicted molar refractivity (Wildman–Crippen MR) is 84.2 cm³/mol. The highest BCUT2D eigenvalue weighted by molar-refractivity contribution is 7.99. The molecule has 0 aliphatic carbocycles. The molecule has 0 bridgehead atoms. The van der Waals surface area contributed by atoms with Crippen molar-refractivity contribution < 1.29 is 9.15 Å². The highest BCUT2D eigenvalue weighted by Gasteiger charge is 2.17. The van der Waals surface area contributed by atoms with Gasteiger partial charge in [-0.1, -0.05) is 0 Å². The lowest BCUT2D eigenvalue weighted by Gasteiger charge is -2.05. The van der Waals surface area contributed by atoms with E-state index in [2.05, 4.69) is 20.2 Å². The Morgan fingerprint density at radius 3 is 2.83 bits per heavy atom. The summed E-state index contributed by atoms with van der Waals surface area (Å²) < 4.78 is 11.8. The van der Waals surface area contributed by atoms with E-state index in [0.29, 0.717) is 23.4 Å². The Kier molecular flexibility index (Phi) is 4.30. The lowest BCUT2D eigenvalue weighted by molar-refractivity contribution is 0.177. The molecular formula is C14H16N6O2S. The molecule has 0 fully saturated rings. The van der Waals surface area contributed by atoms with Crippen LogP contribution in [-0.4, -0.2) is 32.0 Å². The van der Waals surface area contributed by atoms with Crippen LogP contribution in [0.2, 0.25) is 0 Å². The molecule has 0 aromatic carbocycles. The van der Waals surface area contributed by atoms with Crippen LogP contribution < -0.4 is 5.84 Å². The van der Waals surface area contributed by atoms with Crippen LogP contribution in [0.5, 0.6) is 0 Å². The van der Waals surface area contributed by atoms with E-state index in [1.165, 1.54) is 16.4 Å². The fourth-order valence-corrected chi connectivity index (χ4v) is 2.92. The van der Waals surface area contributed by atoms with Crippen molar-refractivity contribution in [2.45, 2.75) is 30.6 Å². The number of ether oxygens (including phenoxy) is 1. The van der Waals surface area contributed by atoms with Gasteiger partial charge in [0.05, 0.1) is 11.8 Å². The minimum atomic E-state index is 0.351. The van der Waals surface area contributed by atoms with Gasteiger partial charge in [-0.15, -0.1) is 10.2 Å². The van der Waals surface area contributed by atoms with E-state index in [9.17, 15) is 0 Å². The van der Waals surface area contributed by atoms with Gasteiger partial charge in [-0.3, -0.25) is 0 Å². The van der Waals surface area contributed by atoms with E-state index in [4.69, 9.17) is 15.0 Å². The number of methoxy groups -OCH3 is 1. The van der Waals surface area contributed by atoms with Gasteiger partial charge in [0, 0.05) is 12.8 Å². The third-order valence-corrected chi connectivity index (χ3v) is 3.99. The maximum Gasteiger partial charge on any atom is 0.216 e. The minimum Gasteiger partial charge on any atom is -0.469 e. The molecule has 0 atom stereocenters. The van der Waals surface area contributed by atoms with Crippen LogP contribution in [0.25, 0.3) is 11.4 Å². The third kappa shape index (κ3) is 3.20. The van der Waals surface area contributed by atoms with Crippen LogP contribution in [-0.2, 0) is 11.3 Å². The number of nitrogens with zero attached hydrogens (tertiary/aromatic N) is 5. The third-order valence-electron chi connectivity index (χ3n) is 3.11. The summed E-state index contributed by atoms with van der Waals surface area (Å²) in [5, 5.41) is 9.53. The zero-order chi connectivity index (χ0) is 16.4. The zero-order valence-electron chi connectivity index (χ0n) is 13.0. The second-order valence-electron chi connectivity index (χ2n) is 4.87. The van der Waals surface area contributed by atoms with Crippen LogP contribution in [0, 0.1) is 13.8 Å². The lowest BCUT2D eigenvalue weighted by Crippen LogP contribution is -2.11. The first-order valence-corrected chi connectivity index (χ1v) is 7.66. The summed E-state index contributed by atoms with van der Waals surface area (Å²) in [4.78, 5) is 8.73. The maximum atomic E-state index is 6.11. The van der Waals surface area contributed by atoms with Gasteiger partial charge < -0.3 is 15.0 Å². The highest BCUT2D eigenvalue weighted by atomic mass is 32.2. The average Bonchev–Trinajstić information content (AvgIpc) is 3.06. The highest BCUT2D eigenvalue weighted by Crippen LogP contribution is 2.28. The Bertz CT molecular complexity index is 829. The summed E-state index contributed by atoms with van der Waals surface area (Å²) >= 11 is 1.32. The smallest absolute Gasteiger partial charge is 0.216 e. The minimum absolute atomic E-state index is 0.351. The lowest BCUT2D eigenvalue weighted by atomic mass is 10.2. The van der Waals surface area contributed by atoms with Crippen molar-refractivity contribution >= 4 is 11.8 Å². The van der Waals surface area contributed by atoms with Crippen molar-refractivity contribution in [2.75, 3.05) is 13.0 Å². The fourth-order valence-electron chi connectivity index (χ4n) is 2.09. The van der Waals surface area contributed by atoms with Crippen molar-refractivity contribution in [3.8, 4) is 11.4 Å². The molecule has 3 rings (SSSR count). The molecule has 0 radical (unpaired) electrons. The van der Waals surface area contributed by atoms with Crippen LogP contribution in [0.1, 0.15) is 17.3 Å². The molecule has 0 unspecified atom stereocenters.